The number of nitrogens with zero attached hydrogens (tertiary/aromatic N) is 2. The Morgan fingerprint density at radius 2 is 1.57 bits per heavy atom. The molecule has 2 aliphatic rings. The van der Waals surface area contributed by atoms with Gasteiger partial charge in [0, 0.05) is 25.9 Å². The topological polar surface area (TPSA) is 3.24 Å². The molecular formula is C12H25N2+. The first kappa shape index (κ1) is 10.4. The summed E-state index contributed by atoms with van der Waals surface area (Å²) in [6, 6.07) is 0.964. The molecule has 0 N–H and O–H groups in total. The van der Waals surface area contributed by atoms with Crippen molar-refractivity contribution < 1.29 is 4.48 Å². The summed E-state index contributed by atoms with van der Waals surface area (Å²) < 4.78 is 1.38. The van der Waals surface area contributed by atoms with Gasteiger partial charge in [0.1, 0.15) is 0 Å². The van der Waals surface area contributed by atoms with E-state index < -0.39 is 0 Å². The third-order valence-electron chi connectivity index (χ3n) is 4.41. The van der Waals surface area contributed by atoms with Gasteiger partial charge in [-0.05, 0) is 26.3 Å². The Hall–Kier alpha value is -0.0800. The van der Waals surface area contributed by atoms with Crippen LogP contribution in [0.25, 0.3) is 0 Å². The highest BCUT2D eigenvalue weighted by Crippen LogP contribution is 2.26. The third kappa shape index (κ3) is 2.12. The first-order chi connectivity index (χ1) is 6.71. The zero-order chi connectivity index (χ0) is 10.0. The predicted molar refractivity (Wildman–Crippen MR) is 60.3 cm³/mol. The number of piperidine rings is 2. The minimum Gasteiger partial charge on any atom is -0.324 e. The van der Waals surface area contributed by atoms with E-state index in [1.54, 1.807) is 0 Å². The number of likely N-dealkylation sites (tertiary alicyclic amines) is 2. The second kappa shape index (κ2) is 4.19. The molecule has 0 unspecified atom stereocenters. The van der Waals surface area contributed by atoms with Crippen LogP contribution < -0.4 is 0 Å². The molecule has 2 rings (SSSR count). The second-order valence-electron chi connectivity index (χ2n) is 5.52. The summed E-state index contributed by atoms with van der Waals surface area (Å²) in [6.07, 6.45) is 7.24. The van der Waals surface area contributed by atoms with Gasteiger partial charge in [-0.25, -0.2) is 0 Å². The quantitative estimate of drug-likeness (QED) is 0.579. The van der Waals surface area contributed by atoms with Crippen LogP contribution >= 0.6 is 0 Å². The van der Waals surface area contributed by atoms with E-state index in [-0.39, 0.29) is 0 Å². The van der Waals surface area contributed by atoms with Gasteiger partial charge in [0.15, 0.2) is 0 Å². The summed E-state index contributed by atoms with van der Waals surface area (Å²) in [5.74, 6) is 0. The third-order valence-corrected chi connectivity index (χ3v) is 4.41. The van der Waals surface area contributed by atoms with E-state index in [0.717, 1.165) is 6.04 Å². The maximum Gasteiger partial charge on any atom is 0.0913 e. The summed E-state index contributed by atoms with van der Waals surface area (Å²) >= 11 is 0. The summed E-state index contributed by atoms with van der Waals surface area (Å²) in [4.78, 5) is 2.48. The Kier molecular flexibility index (Phi) is 3.13. The Labute approximate surface area is 88.5 Å². The Balaban J connectivity index is 1.92. The van der Waals surface area contributed by atoms with E-state index >= 15 is 0 Å². The van der Waals surface area contributed by atoms with Crippen molar-refractivity contribution in [2.75, 3.05) is 40.3 Å². The van der Waals surface area contributed by atoms with Gasteiger partial charge >= 0.3 is 0 Å². The molecule has 2 nitrogen and oxygen atoms in total. The van der Waals surface area contributed by atoms with E-state index in [2.05, 4.69) is 19.0 Å². The predicted octanol–water partition coefficient (Wildman–Crippen LogP) is 1.71. The molecule has 0 amide bonds. The fraction of sp³-hybridized carbons (Fsp3) is 1.00. The van der Waals surface area contributed by atoms with Gasteiger partial charge in [-0.1, -0.05) is 0 Å². The maximum absolute atomic E-state index is 2.50. The fourth-order valence-electron chi connectivity index (χ4n) is 3.22. The molecule has 2 fully saturated rings. The van der Waals surface area contributed by atoms with Crippen LogP contribution in [0.1, 0.15) is 32.1 Å². The lowest BCUT2D eigenvalue weighted by atomic mass is 9.97. The van der Waals surface area contributed by atoms with Crippen LogP contribution in [0.2, 0.25) is 0 Å². The van der Waals surface area contributed by atoms with Crippen molar-refractivity contribution in [2.24, 2.45) is 0 Å². The molecule has 82 valence electrons. The maximum atomic E-state index is 2.50. The molecule has 0 bridgehead atoms. The van der Waals surface area contributed by atoms with Crippen LogP contribution in [0.5, 0.6) is 0 Å². The molecule has 2 heterocycles. The van der Waals surface area contributed by atoms with Crippen molar-refractivity contribution >= 4 is 0 Å². The number of rotatable bonds is 1. The Morgan fingerprint density at radius 3 is 2.14 bits per heavy atom. The molecule has 0 radical (unpaired) electrons. The number of hydrogen-bond acceptors (Lipinski definition) is 1. The highest BCUT2D eigenvalue weighted by atomic mass is 15.4. The van der Waals surface area contributed by atoms with Crippen LogP contribution in [0.4, 0.5) is 0 Å². The van der Waals surface area contributed by atoms with Crippen LogP contribution in [-0.2, 0) is 0 Å². The number of quaternary nitrogens is 1. The summed E-state index contributed by atoms with van der Waals surface area (Å²) in [5.41, 5.74) is 0. The van der Waals surface area contributed by atoms with Gasteiger partial charge < -0.3 is 9.38 Å². The molecule has 0 saturated carbocycles. The SMILES string of the molecule is CN1CCC([N+]2(C)CCCCC2)CC1. The summed E-state index contributed by atoms with van der Waals surface area (Å²) in [5, 5.41) is 0. The average Bonchev–Trinajstić information content (AvgIpc) is 2.19. The lowest BCUT2D eigenvalue weighted by Crippen LogP contribution is -2.57. The van der Waals surface area contributed by atoms with Crippen molar-refractivity contribution in [3.8, 4) is 0 Å². The molecule has 0 atom stereocenters. The molecule has 0 spiro atoms. The van der Waals surface area contributed by atoms with Crippen LogP contribution in [0.15, 0.2) is 0 Å². The zero-order valence-electron chi connectivity index (χ0n) is 9.84. The molecule has 2 aliphatic heterocycles. The molecule has 2 heteroatoms. The summed E-state index contributed by atoms with van der Waals surface area (Å²) in [6.45, 7) is 5.51. The van der Waals surface area contributed by atoms with Crippen LogP contribution in [-0.4, -0.2) is 55.7 Å². The average molecular weight is 197 g/mol. The Bertz CT molecular complexity index is 177. The largest absolute Gasteiger partial charge is 0.324 e. The minimum atomic E-state index is 0.964. The lowest BCUT2D eigenvalue weighted by molar-refractivity contribution is -0.938. The highest BCUT2D eigenvalue weighted by molar-refractivity contribution is 4.72. The fourth-order valence-corrected chi connectivity index (χ4v) is 3.22. The number of hydrogen-bond donors (Lipinski definition) is 0. The van der Waals surface area contributed by atoms with Crippen molar-refractivity contribution in [3.05, 3.63) is 0 Å². The lowest BCUT2D eigenvalue weighted by Gasteiger charge is -2.47. The van der Waals surface area contributed by atoms with Gasteiger partial charge in [0.25, 0.3) is 0 Å². The zero-order valence-corrected chi connectivity index (χ0v) is 9.84. The van der Waals surface area contributed by atoms with Gasteiger partial charge in [0.05, 0.1) is 26.2 Å². The van der Waals surface area contributed by atoms with E-state index in [1.165, 1.54) is 62.8 Å². The smallest absolute Gasteiger partial charge is 0.0913 e. The van der Waals surface area contributed by atoms with E-state index in [1.807, 2.05) is 0 Å². The van der Waals surface area contributed by atoms with Crippen molar-refractivity contribution in [1.82, 2.24) is 4.90 Å². The van der Waals surface area contributed by atoms with Crippen molar-refractivity contribution in [1.29, 1.82) is 0 Å². The molecule has 14 heavy (non-hydrogen) atoms. The van der Waals surface area contributed by atoms with Gasteiger partial charge in [-0.15, -0.1) is 0 Å². The summed E-state index contributed by atoms with van der Waals surface area (Å²) in [7, 11) is 4.75. The minimum absolute atomic E-state index is 0.964. The van der Waals surface area contributed by atoms with E-state index in [9.17, 15) is 0 Å². The van der Waals surface area contributed by atoms with Crippen LogP contribution in [0.3, 0.4) is 0 Å². The van der Waals surface area contributed by atoms with Crippen LogP contribution in [0, 0.1) is 0 Å². The van der Waals surface area contributed by atoms with Gasteiger partial charge in [-0.3, -0.25) is 0 Å². The normalized spacial score (nSPS) is 30.4. The molecule has 0 aromatic rings. The molecule has 0 aromatic heterocycles. The van der Waals surface area contributed by atoms with Gasteiger partial charge in [0.2, 0.25) is 0 Å². The standard InChI is InChI=1S/C12H25N2/c1-13-8-6-12(7-9-13)14(2)10-4-3-5-11-14/h12H,3-11H2,1-2H3/q+1. The van der Waals surface area contributed by atoms with E-state index in [0.29, 0.717) is 0 Å². The first-order valence-electron chi connectivity index (χ1n) is 6.23. The first-order valence-corrected chi connectivity index (χ1v) is 6.23. The highest BCUT2D eigenvalue weighted by Gasteiger charge is 2.35. The van der Waals surface area contributed by atoms with Crippen molar-refractivity contribution in [2.45, 2.75) is 38.1 Å². The monoisotopic (exact) mass is 197 g/mol. The molecule has 0 aromatic carbocycles. The molecule has 2 saturated heterocycles. The van der Waals surface area contributed by atoms with E-state index in [4.69, 9.17) is 0 Å². The van der Waals surface area contributed by atoms with Gasteiger partial charge in [-0.2, -0.15) is 0 Å². The second-order valence-corrected chi connectivity index (χ2v) is 5.52. The van der Waals surface area contributed by atoms with Crippen molar-refractivity contribution in [3.63, 3.8) is 0 Å². The Morgan fingerprint density at radius 1 is 1.00 bits per heavy atom. The molecular weight excluding hydrogens is 172 g/mol. The molecule has 0 aliphatic carbocycles.